The molecule has 4 nitrogen and oxygen atoms in total. The number of amides is 1. The number of allylic oxidation sites excluding steroid dienone is 3. The fourth-order valence-corrected chi connectivity index (χ4v) is 2.81. The molecule has 1 amide bonds. The van der Waals surface area contributed by atoms with E-state index in [-0.39, 0.29) is 24.4 Å². The van der Waals surface area contributed by atoms with Crippen LogP contribution in [-0.4, -0.2) is 25.0 Å². The lowest BCUT2D eigenvalue weighted by Gasteiger charge is -2.16. The second-order valence-corrected chi connectivity index (χ2v) is 5.80. The molecule has 2 aliphatic carbocycles. The first kappa shape index (κ1) is 15.8. The molecule has 2 aliphatic rings. The molecular weight excluding hydrogens is 266 g/mol. The van der Waals surface area contributed by atoms with Crippen LogP contribution in [-0.2, 0) is 14.3 Å². The van der Waals surface area contributed by atoms with E-state index in [4.69, 9.17) is 4.74 Å². The molecule has 4 heteroatoms. The molecule has 0 radical (unpaired) electrons. The molecule has 0 saturated carbocycles. The summed E-state index contributed by atoms with van der Waals surface area (Å²) < 4.78 is 5.09. The maximum Gasteiger partial charge on any atom is 0.309 e. The van der Waals surface area contributed by atoms with E-state index in [1.54, 1.807) is 0 Å². The van der Waals surface area contributed by atoms with Crippen LogP contribution >= 0.6 is 0 Å². The van der Waals surface area contributed by atoms with Crippen molar-refractivity contribution in [2.75, 3.05) is 13.2 Å². The van der Waals surface area contributed by atoms with Crippen molar-refractivity contribution >= 4 is 11.9 Å². The molecule has 0 spiro atoms. The van der Waals surface area contributed by atoms with Crippen LogP contribution < -0.4 is 5.32 Å². The van der Waals surface area contributed by atoms with Crippen LogP contribution in [0.1, 0.15) is 51.4 Å². The highest BCUT2D eigenvalue weighted by Crippen LogP contribution is 2.20. The molecule has 1 N–H and O–H groups in total. The van der Waals surface area contributed by atoms with E-state index < -0.39 is 0 Å². The van der Waals surface area contributed by atoms with E-state index in [1.807, 2.05) is 6.08 Å². The Balaban J connectivity index is 1.57. The van der Waals surface area contributed by atoms with Crippen molar-refractivity contribution in [3.05, 3.63) is 23.8 Å². The van der Waals surface area contributed by atoms with E-state index in [0.717, 1.165) is 38.5 Å². The van der Waals surface area contributed by atoms with Crippen molar-refractivity contribution in [2.24, 2.45) is 5.92 Å². The summed E-state index contributed by atoms with van der Waals surface area (Å²) in [5, 5.41) is 2.82. The van der Waals surface area contributed by atoms with Gasteiger partial charge in [0, 0.05) is 6.54 Å². The predicted octanol–water partition coefficient (Wildman–Crippen LogP) is 2.89. The van der Waals surface area contributed by atoms with Gasteiger partial charge in [-0.15, -0.1) is 0 Å². The minimum absolute atomic E-state index is 0.0739. The zero-order chi connectivity index (χ0) is 14.9. The van der Waals surface area contributed by atoms with Gasteiger partial charge in [0.05, 0.1) is 5.92 Å². The highest BCUT2D eigenvalue weighted by molar-refractivity contribution is 5.81. The Labute approximate surface area is 126 Å². The molecule has 0 bridgehead atoms. The first-order valence-corrected chi connectivity index (χ1v) is 8.02. The van der Waals surface area contributed by atoms with Gasteiger partial charge in [0.1, 0.15) is 0 Å². The van der Waals surface area contributed by atoms with E-state index >= 15 is 0 Å². The Bertz CT molecular complexity index is 426. The summed E-state index contributed by atoms with van der Waals surface area (Å²) in [5.41, 5.74) is 1.44. The SMILES string of the molecule is O=C(COC(=O)C1CC=CCC1)NCCC1=CCCCC1. The molecule has 0 heterocycles. The van der Waals surface area contributed by atoms with Crippen LogP contribution in [0.3, 0.4) is 0 Å². The fraction of sp³-hybridized carbons (Fsp3) is 0.647. The van der Waals surface area contributed by atoms with Gasteiger partial charge in [-0.2, -0.15) is 0 Å². The topological polar surface area (TPSA) is 55.4 Å². The number of hydrogen-bond donors (Lipinski definition) is 1. The van der Waals surface area contributed by atoms with Gasteiger partial charge in [-0.05, 0) is 51.4 Å². The minimum Gasteiger partial charge on any atom is -0.455 e. The smallest absolute Gasteiger partial charge is 0.309 e. The zero-order valence-corrected chi connectivity index (χ0v) is 12.6. The predicted molar refractivity (Wildman–Crippen MR) is 81.6 cm³/mol. The number of esters is 1. The van der Waals surface area contributed by atoms with Crippen LogP contribution in [0.5, 0.6) is 0 Å². The number of ether oxygens (including phenoxy) is 1. The average molecular weight is 291 g/mol. The molecule has 1 unspecified atom stereocenters. The number of carbonyl (C=O) groups excluding carboxylic acids is 2. The maximum atomic E-state index is 11.8. The molecule has 21 heavy (non-hydrogen) atoms. The molecule has 0 aromatic heterocycles. The Kier molecular flexibility index (Phi) is 6.51. The summed E-state index contributed by atoms with van der Waals surface area (Å²) in [4.78, 5) is 23.4. The molecule has 0 saturated heterocycles. The van der Waals surface area contributed by atoms with E-state index in [1.165, 1.54) is 18.4 Å². The Hall–Kier alpha value is -1.58. The van der Waals surface area contributed by atoms with Crippen molar-refractivity contribution in [1.29, 1.82) is 0 Å². The van der Waals surface area contributed by atoms with E-state index in [2.05, 4.69) is 17.5 Å². The first-order chi connectivity index (χ1) is 10.3. The minimum atomic E-state index is -0.246. The van der Waals surface area contributed by atoms with Gasteiger partial charge in [-0.25, -0.2) is 0 Å². The van der Waals surface area contributed by atoms with Gasteiger partial charge >= 0.3 is 5.97 Å². The maximum absolute atomic E-state index is 11.8. The lowest BCUT2D eigenvalue weighted by atomic mass is 9.95. The highest BCUT2D eigenvalue weighted by Gasteiger charge is 2.20. The summed E-state index contributed by atoms with van der Waals surface area (Å²) in [6.45, 7) is 0.479. The summed E-state index contributed by atoms with van der Waals surface area (Å²) in [5.74, 6) is -0.522. The van der Waals surface area contributed by atoms with Crippen LogP contribution in [0.4, 0.5) is 0 Å². The van der Waals surface area contributed by atoms with Crippen molar-refractivity contribution < 1.29 is 14.3 Å². The molecular formula is C17H25NO3. The summed E-state index contributed by atoms with van der Waals surface area (Å²) >= 11 is 0. The summed E-state index contributed by atoms with van der Waals surface area (Å²) in [7, 11) is 0. The third-order valence-corrected chi connectivity index (χ3v) is 4.10. The van der Waals surface area contributed by atoms with Crippen molar-refractivity contribution in [1.82, 2.24) is 5.32 Å². The second-order valence-electron chi connectivity index (χ2n) is 5.80. The number of rotatable bonds is 6. The van der Waals surface area contributed by atoms with Gasteiger partial charge in [0.25, 0.3) is 5.91 Å². The van der Waals surface area contributed by atoms with Crippen LogP contribution in [0, 0.1) is 5.92 Å². The molecule has 0 aromatic carbocycles. The molecule has 2 rings (SSSR count). The van der Waals surface area contributed by atoms with Crippen LogP contribution in [0.15, 0.2) is 23.8 Å². The van der Waals surface area contributed by atoms with Crippen LogP contribution in [0.25, 0.3) is 0 Å². The Morgan fingerprint density at radius 1 is 1.24 bits per heavy atom. The van der Waals surface area contributed by atoms with Gasteiger partial charge in [0.2, 0.25) is 0 Å². The lowest BCUT2D eigenvalue weighted by Crippen LogP contribution is -2.31. The largest absolute Gasteiger partial charge is 0.455 e. The molecule has 1 atom stereocenters. The molecule has 0 fully saturated rings. The van der Waals surface area contributed by atoms with Gasteiger partial charge in [-0.3, -0.25) is 9.59 Å². The zero-order valence-electron chi connectivity index (χ0n) is 12.6. The number of hydrogen-bond acceptors (Lipinski definition) is 3. The van der Waals surface area contributed by atoms with Crippen molar-refractivity contribution in [3.63, 3.8) is 0 Å². The number of carbonyl (C=O) groups is 2. The van der Waals surface area contributed by atoms with E-state index in [0.29, 0.717) is 6.54 Å². The lowest BCUT2D eigenvalue weighted by molar-refractivity contribution is -0.152. The van der Waals surface area contributed by atoms with E-state index in [9.17, 15) is 9.59 Å². The standard InChI is InChI=1S/C17H25NO3/c19-16(18-12-11-14-7-3-1-4-8-14)13-21-17(20)15-9-5-2-6-10-15/h2,5,7,15H,1,3-4,6,8-13H2,(H,18,19). The second kappa shape index (κ2) is 8.65. The highest BCUT2D eigenvalue weighted by atomic mass is 16.5. The van der Waals surface area contributed by atoms with Crippen LogP contribution in [0.2, 0.25) is 0 Å². The van der Waals surface area contributed by atoms with Crippen molar-refractivity contribution in [3.8, 4) is 0 Å². The quantitative estimate of drug-likeness (QED) is 0.605. The Morgan fingerprint density at radius 3 is 2.86 bits per heavy atom. The van der Waals surface area contributed by atoms with Gasteiger partial charge in [-0.1, -0.05) is 23.8 Å². The van der Waals surface area contributed by atoms with Crippen molar-refractivity contribution in [2.45, 2.75) is 51.4 Å². The molecule has 0 aromatic rings. The monoisotopic (exact) mass is 291 g/mol. The Morgan fingerprint density at radius 2 is 2.14 bits per heavy atom. The average Bonchev–Trinajstić information content (AvgIpc) is 2.54. The summed E-state index contributed by atoms with van der Waals surface area (Å²) in [6.07, 6.45) is 14.6. The molecule has 116 valence electrons. The van der Waals surface area contributed by atoms with Gasteiger partial charge in [0.15, 0.2) is 6.61 Å². The fourth-order valence-electron chi connectivity index (χ4n) is 2.81. The third-order valence-electron chi connectivity index (χ3n) is 4.10. The summed E-state index contributed by atoms with van der Waals surface area (Å²) in [6, 6.07) is 0. The normalized spacial score (nSPS) is 21.5. The van der Waals surface area contributed by atoms with Gasteiger partial charge < -0.3 is 10.1 Å². The molecule has 0 aliphatic heterocycles. The number of nitrogens with one attached hydrogen (secondary N) is 1. The first-order valence-electron chi connectivity index (χ1n) is 8.02. The third kappa shape index (κ3) is 5.74.